The van der Waals surface area contributed by atoms with Crippen molar-refractivity contribution in [2.24, 2.45) is 5.92 Å². The molecule has 0 saturated heterocycles. The molecule has 4 N–H and O–H groups in total. The minimum absolute atomic E-state index is 0.0569. The van der Waals surface area contributed by atoms with Crippen LogP contribution in [0.25, 0.3) is 0 Å². The predicted molar refractivity (Wildman–Crippen MR) is 55.6 cm³/mol. The molecular formula is C9H14N4O3. The van der Waals surface area contributed by atoms with Crippen LogP contribution in [0.2, 0.25) is 0 Å². The van der Waals surface area contributed by atoms with Gasteiger partial charge in [0.25, 0.3) is 0 Å². The molecule has 88 valence electrons. The Morgan fingerprint density at radius 3 is 2.88 bits per heavy atom. The Kier molecular flexibility index (Phi) is 2.88. The average molecular weight is 226 g/mol. The number of hydrogen-bond acceptors (Lipinski definition) is 6. The molecule has 0 aromatic carbocycles. The third-order valence-corrected chi connectivity index (χ3v) is 3.01. The van der Waals surface area contributed by atoms with Gasteiger partial charge in [0, 0.05) is 18.6 Å². The Labute approximate surface area is 91.6 Å². The van der Waals surface area contributed by atoms with Gasteiger partial charge >= 0.3 is 5.69 Å². The van der Waals surface area contributed by atoms with Gasteiger partial charge < -0.3 is 15.9 Å². The predicted octanol–water partition coefficient (Wildman–Crippen LogP) is -1.48. The van der Waals surface area contributed by atoms with E-state index < -0.39 is 11.8 Å². The van der Waals surface area contributed by atoms with Crippen molar-refractivity contribution in [1.82, 2.24) is 14.5 Å². The number of anilines is 1. The van der Waals surface area contributed by atoms with Crippen LogP contribution >= 0.6 is 0 Å². The molecule has 1 heterocycles. The van der Waals surface area contributed by atoms with Crippen LogP contribution in [0.4, 0.5) is 5.95 Å². The molecule has 2 rings (SSSR count). The van der Waals surface area contributed by atoms with Crippen LogP contribution in [-0.2, 0) is 0 Å². The van der Waals surface area contributed by atoms with Crippen molar-refractivity contribution in [1.29, 1.82) is 0 Å². The second-order valence-corrected chi connectivity index (χ2v) is 4.04. The second-order valence-electron chi connectivity index (χ2n) is 4.04. The highest BCUT2D eigenvalue weighted by atomic mass is 16.3. The minimum Gasteiger partial charge on any atom is -0.396 e. The standard InChI is InChI=1S/C9H14N4O3/c10-8-11-4-13(9(16)12-8)6-1-5(3-14)7(15)2-6/h4-7,14-15H,1-3H2,(H2,10,12,16)/t5?,6?,7-/m1/s1. The summed E-state index contributed by atoms with van der Waals surface area (Å²) in [6.07, 6.45) is 1.73. The fraction of sp³-hybridized carbons (Fsp3) is 0.667. The lowest BCUT2D eigenvalue weighted by Gasteiger charge is -2.11. The molecule has 0 spiro atoms. The molecule has 7 nitrogen and oxygen atoms in total. The number of aromatic nitrogens is 3. The van der Waals surface area contributed by atoms with E-state index in [0.717, 1.165) is 0 Å². The van der Waals surface area contributed by atoms with E-state index in [9.17, 15) is 9.90 Å². The quantitative estimate of drug-likeness (QED) is 0.567. The zero-order chi connectivity index (χ0) is 11.7. The first-order chi connectivity index (χ1) is 7.61. The van der Waals surface area contributed by atoms with Crippen molar-refractivity contribution in [2.45, 2.75) is 25.0 Å². The molecule has 1 aromatic heterocycles. The van der Waals surface area contributed by atoms with Crippen molar-refractivity contribution >= 4 is 5.95 Å². The molecule has 1 aliphatic rings. The van der Waals surface area contributed by atoms with Crippen LogP contribution in [-0.4, -0.2) is 37.5 Å². The summed E-state index contributed by atoms with van der Waals surface area (Å²) < 4.78 is 1.36. The number of aliphatic hydroxyl groups is 2. The molecule has 16 heavy (non-hydrogen) atoms. The number of nitrogens with two attached hydrogens (primary N) is 1. The number of hydrogen-bond donors (Lipinski definition) is 3. The SMILES string of the molecule is Nc1ncn(C2CC(CO)[C@H](O)C2)c(=O)n1. The summed E-state index contributed by atoms with van der Waals surface area (Å²) in [5.74, 6) is -0.243. The molecule has 1 aliphatic carbocycles. The molecule has 2 unspecified atom stereocenters. The fourth-order valence-electron chi connectivity index (χ4n) is 2.10. The van der Waals surface area contributed by atoms with E-state index in [2.05, 4.69) is 9.97 Å². The van der Waals surface area contributed by atoms with Crippen LogP contribution < -0.4 is 11.4 Å². The first kappa shape index (κ1) is 11.0. The molecular weight excluding hydrogens is 212 g/mol. The Morgan fingerprint density at radius 1 is 1.56 bits per heavy atom. The summed E-state index contributed by atoms with van der Waals surface area (Å²) in [4.78, 5) is 18.8. The number of nitrogen functional groups attached to an aromatic ring is 1. The lowest BCUT2D eigenvalue weighted by molar-refractivity contribution is 0.0906. The summed E-state index contributed by atoms with van der Waals surface area (Å²) in [5, 5.41) is 18.6. The van der Waals surface area contributed by atoms with Crippen molar-refractivity contribution in [3.8, 4) is 0 Å². The summed E-state index contributed by atoms with van der Waals surface area (Å²) in [6.45, 7) is -0.0811. The summed E-state index contributed by atoms with van der Waals surface area (Å²) in [5.41, 5.74) is 4.81. The van der Waals surface area contributed by atoms with Gasteiger partial charge in [-0.3, -0.25) is 4.57 Å². The molecule has 7 heteroatoms. The number of rotatable bonds is 2. The highest BCUT2D eigenvalue weighted by molar-refractivity contribution is 5.10. The zero-order valence-corrected chi connectivity index (χ0v) is 8.65. The van der Waals surface area contributed by atoms with Gasteiger partial charge in [0.2, 0.25) is 5.95 Å². The van der Waals surface area contributed by atoms with E-state index in [1.807, 2.05) is 0 Å². The van der Waals surface area contributed by atoms with Gasteiger partial charge in [0.15, 0.2) is 0 Å². The van der Waals surface area contributed by atoms with Gasteiger partial charge in [-0.15, -0.1) is 0 Å². The van der Waals surface area contributed by atoms with Crippen LogP contribution in [0.1, 0.15) is 18.9 Å². The molecule has 1 fully saturated rings. The van der Waals surface area contributed by atoms with Crippen LogP contribution in [0.5, 0.6) is 0 Å². The minimum atomic E-state index is -0.584. The maximum Gasteiger partial charge on any atom is 0.352 e. The molecule has 0 aliphatic heterocycles. The highest BCUT2D eigenvalue weighted by Crippen LogP contribution is 2.33. The van der Waals surface area contributed by atoms with E-state index in [0.29, 0.717) is 12.8 Å². The third kappa shape index (κ3) is 1.91. The van der Waals surface area contributed by atoms with E-state index in [-0.39, 0.29) is 24.5 Å². The summed E-state index contributed by atoms with van der Waals surface area (Å²) >= 11 is 0. The van der Waals surface area contributed by atoms with Gasteiger partial charge in [-0.05, 0) is 12.8 Å². The molecule has 0 bridgehead atoms. The van der Waals surface area contributed by atoms with Gasteiger partial charge in [-0.25, -0.2) is 9.78 Å². The van der Waals surface area contributed by atoms with Gasteiger partial charge in [0.05, 0.1) is 6.10 Å². The van der Waals surface area contributed by atoms with Crippen molar-refractivity contribution in [3.05, 3.63) is 16.8 Å². The summed E-state index contributed by atoms with van der Waals surface area (Å²) in [7, 11) is 0. The third-order valence-electron chi connectivity index (χ3n) is 3.01. The topological polar surface area (TPSA) is 114 Å². The maximum atomic E-state index is 11.5. The Hall–Kier alpha value is -1.47. The van der Waals surface area contributed by atoms with E-state index in [1.54, 1.807) is 0 Å². The van der Waals surface area contributed by atoms with Crippen LogP contribution in [0.3, 0.4) is 0 Å². The van der Waals surface area contributed by atoms with Gasteiger partial charge in [-0.2, -0.15) is 4.98 Å². The fourth-order valence-corrected chi connectivity index (χ4v) is 2.10. The lowest BCUT2D eigenvalue weighted by atomic mass is 10.1. The second kappa shape index (κ2) is 4.18. The van der Waals surface area contributed by atoms with E-state index in [1.165, 1.54) is 10.9 Å². The smallest absolute Gasteiger partial charge is 0.352 e. The molecule has 1 aromatic rings. The molecule has 1 saturated carbocycles. The first-order valence-electron chi connectivity index (χ1n) is 5.11. The molecule has 0 radical (unpaired) electrons. The van der Waals surface area contributed by atoms with Crippen molar-refractivity contribution in [2.75, 3.05) is 12.3 Å². The van der Waals surface area contributed by atoms with Gasteiger partial charge in [0.1, 0.15) is 6.33 Å². The Balaban J connectivity index is 2.23. The van der Waals surface area contributed by atoms with Crippen molar-refractivity contribution < 1.29 is 10.2 Å². The maximum absolute atomic E-state index is 11.5. The van der Waals surface area contributed by atoms with E-state index >= 15 is 0 Å². The first-order valence-corrected chi connectivity index (χ1v) is 5.11. The number of aliphatic hydroxyl groups excluding tert-OH is 2. The average Bonchev–Trinajstić information content (AvgIpc) is 2.59. The zero-order valence-electron chi connectivity index (χ0n) is 8.65. The highest BCUT2D eigenvalue weighted by Gasteiger charge is 2.34. The van der Waals surface area contributed by atoms with E-state index in [4.69, 9.17) is 10.8 Å². The Bertz CT molecular complexity index is 433. The monoisotopic (exact) mass is 226 g/mol. The Morgan fingerprint density at radius 2 is 2.31 bits per heavy atom. The van der Waals surface area contributed by atoms with Crippen LogP contribution in [0.15, 0.2) is 11.1 Å². The van der Waals surface area contributed by atoms with Gasteiger partial charge in [-0.1, -0.05) is 0 Å². The lowest BCUT2D eigenvalue weighted by Crippen LogP contribution is -2.27. The van der Waals surface area contributed by atoms with Crippen LogP contribution in [0, 0.1) is 5.92 Å². The molecule has 3 atom stereocenters. The number of nitrogens with zero attached hydrogens (tertiary/aromatic N) is 3. The largest absolute Gasteiger partial charge is 0.396 e. The normalized spacial score (nSPS) is 29.5. The molecule has 0 amide bonds. The van der Waals surface area contributed by atoms with Crippen molar-refractivity contribution in [3.63, 3.8) is 0 Å². The summed E-state index contributed by atoms with van der Waals surface area (Å²) in [6, 6.07) is -0.166.